The lowest BCUT2D eigenvalue weighted by atomic mass is 10.3. The smallest absolute Gasteiger partial charge is 0.377 e. The number of rotatable bonds is 4. The molecule has 2 aromatic heterocycles. The molecule has 0 N–H and O–H groups in total. The van der Waals surface area contributed by atoms with Crippen molar-refractivity contribution in [3.05, 3.63) is 10.8 Å². The molecule has 0 bridgehead atoms. The van der Waals surface area contributed by atoms with E-state index in [0.29, 0.717) is 10.8 Å². The Hall–Kier alpha value is -1.55. The lowest BCUT2D eigenvalue weighted by Crippen LogP contribution is -2.24. The van der Waals surface area contributed by atoms with Crippen LogP contribution in [0.5, 0.6) is 0 Å². The number of ether oxygens (including phenoxy) is 1. The van der Waals surface area contributed by atoms with E-state index in [1.54, 1.807) is 0 Å². The zero-order chi connectivity index (χ0) is 13.3. The molecule has 0 aromatic carbocycles. The van der Waals surface area contributed by atoms with Crippen LogP contribution in [0.1, 0.15) is 10.8 Å². The van der Waals surface area contributed by atoms with Gasteiger partial charge in [-0.25, -0.2) is 0 Å². The minimum atomic E-state index is -4.85. The quantitative estimate of drug-likeness (QED) is 0.836. The third-order valence-corrected chi connectivity index (χ3v) is 2.90. The third-order valence-electron chi connectivity index (χ3n) is 2.00. The van der Waals surface area contributed by atoms with Gasteiger partial charge in [0.1, 0.15) is 11.6 Å². The highest BCUT2D eigenvalue weighted by Gasteiger charge is 2.38. The third kappa shape index (κ3) is 2.48. The van der Waals surface area contributed by atoms with Crippen molar-refractivity contribution in [1.82, 2.24) is 19.8 Å². The van der Waals surface area contributed by atoms with Gasteiger partial charge in [-0.05, 0) is 0 Å². The first-order valence-corrected chi connectivity index (χ1v) is 5.52. The molecule has 0 spiro atoms. The first-order valence-electron chi connectivity index (χ1n) is 4.70. The molecule has 0 amide bonds. The summed E-state index contributed by atoms with van der Waals surface area (Å²) in [6, 6.07) is 0. The number of nitrogens with zero attached hydrogens (tertiary/aromatic N) is 4. The molecule has 0 unspecified atom stereocenters. The van der Waals surface area contributed by atoms with Crippen molar-refractivity contribution < 1.29 is 22.7 Å². The molecule has 0 aliphatic heterocycles. The van der Waals surface area contributed by atoms with E-state index < -0.39 is 18.4 Å². The molecular formula is C8H7F3N4O2S. The largest absolute Gasteiger partial charge is 0.450 e. The first kappa shape index (κ1) is 12.9. The van der Waals surface area contributed by atoms with Crippen molar-refractivity contribution in [2.75, 3.05) is 7.11 Å². The number of hydrogen-bond donors (Lipinski definition) is 0. The number of hydrogen-bond acceptors (Lipinski definition) is 6. The Labute approximate surface area is 102 Å². The molecule has 0 aliphatic carbocycles. The van der Waals surface area contributed by atoms with Gasteiger partial charge in [0.05, 0.1) is 6.42 Å². The van der Waals surface area contributed by atoms with Crippen LogP contribution < -0.4 is 0 Å². The van der Waals surface area contributed by atoms with Crippen LogP contribution in [0.3, 0.4) is 0 Å². The van der Waals surface area contributed by atoms with Gasteiger partial charge in [0.2, 0.25) is 10.7 Å². The summed E-state index contributed by atoms with van der Waals surface area (Å²) < 4.78 is 42.4. The summed E-state index contributed by atoms with van der Waals surface area (Å²) in [6.07, 6.45) is -5.63. The Morgan fingerprint density at radius 2 is 2.17 bits per heavy atom. The van der Waals surface area contributed by atoms with Crippen molar-refractivity contribution in [1.29, 1.82) is 0 Å². The molecule has 6 nitrogen and oxygen atoms in total. The summed E-state index contributed by atoms with van der Waals surface area (Å²) in [5.74, 6) is -1.46. The fraction of sp³-hybridized carbons (Fsp3) is 0.500. The predicted molar refractivity (Wildman–Crippen MR) is 54.1 cm³/mol. The Morgan fingerprint density at radius 1 is 1.44 bits per heavy atom. The molecule has 0 saturated heterocycles. The van der Waals surface area contributed by atoms with Crippen molar-refractivity contribution in [3.8, 4) is 0 Å². The second kappa shape index (κ2) is 4.61. The number of carbonyl (C=O) groups is 1. The second-order valence-electron chi connectivity index (χ2n) is 3.34. The highest BCUT2D eigenvalue weighted by molar-refractivity contribution is 7.16. The Kier molecular flexibility index (Phi) is 3.30. The molecule has 2 heterocycles. The van der Waals surface area contributed by atoms with Gasteiger partial charge in [-0.1, -0.05) is 11.3 Å². The molecule has 0 radical (unpaired) electrons. The molecule has 0 fully saturated rings. The van der Waals surface area contributed by atoms with Crippen molar-refractivity contribution in [2.24, 2.45) is 0 Å². The fourth-order valence-corrected chi connectivity index (χ4v) is 2.08. The highest BCUT2D eigenvalue weighted by atomic mass is 32.1. The van der Waals surface area contributed by atoms with Crippen molar-refractivity contribution in [2.45, 2.75) is 19.2 Å². The number of methoxy groups -OCH3 is 1. The van der Waals surface area contributed by atoms with Gasteiger partial charge in [-0.2, -0.15) is 22.8 Å². The minimum absolute atomic E-state index is 0.0413. The topological polar surface area (TPSA) is 69.4 Å². The van der Waals surface area contributed by atoms with Crippen LogP contribution in [0.4, 0.5) is 13.2 Å². The van der Waals surface area contributed by atoms with Crippen LogP contribution in [-0.4, -0.2) is 38.9 Å². The first-order chi connectivity index (χ1) is 8.41. The summed E-state index contributed by atoms with van der Waals surface area (Å²) in [4.78, 5) is 11.1. The summed E-state index contributed by atoms with van der Waals surface area (Å²) in [7, 11) is 1.45. The second-order valence-corrected chi connectivity index (χ2v) is 4.38. The number of ketones is 1. The average Bonchev–Trinajstić information content (AvgIpc) is 2.79. The fourth-order valence-electron chi connectivity index (χ4n) is 1.23. The standard InChI is InChI=1S/C8H7F3N4O2S/c1-17-3-5-12-13-7-15(5)14-6(18-7)2-4(16)8(9,10)11/h2-3H2,1H3. The number of alkyl halides is 3. The Morgan fingerprint density at radius 3 is 2.78 bits per heavy atom. The van der Waals surface area contributed by atoms with Gasteiger partial charge in [-0.3, -0.25) is 4.79 Å². The molecule has 2 rings (SSSR count). The molecular weight excluding hydrogens is 273 g/mol. The van der Waals surface area contributed by atoms with E-state index in [0.717, 1.165) is 11.3 Å². The van der Waals surface area contributed by atoms with E-state index in [-0.39, 0.29) is 11.6 Å². The van der Waals surface area contributed by atoms with Gasteiger partial charge >= 0.3 is 6.18 Å². The summed E-state index contributed by atoms with van der Waals surface area (Å²) >= 11 is 0.890. The lowest BCUT2D eigenvalue weighted by molar-refractivity contribution is -0.170. The predicted octanol–water partition coefficient (Wildman–Crippen LogP) is 1.01. The van der Waals surface area contributed by atoms with Crippen LogP contribution in [0.2, 0.25) is 0 Å². The maximum Gasteiger partial charge on any atom is 0.450 e. The lowest BCUT2D eigenvalue weighted by Gasteiger charge is -2.01. The van der Waals surface area contributed by atoms with Crippen molar-refractivity contribution >= 4 is 22.1 Å². The van der Waals surface area contributed by atoms with Crippen LogP contribution in [0.25, 0.3) is 4.96 Å². The Balaban J connectivity index is 2.23. The Bertz CT molecular complexity index is 576. The molecule has 0 saturated carbocycles. The van der Waals surface area contributed by atoms with E-state index in [2.05, 4.69) is 15.3 Å². The van der Waals surface area contributed by atoms with E-state index in [1.165, 1.54) is 11.6 Å². The maximum absolute atomic E-state index is 12.1. The van der Waals surface area contributed by atoms with Crippen LogP contribution in [0, 0.1) is 0 Å². The molecule has 10 heteroatoms. The monoisotopic (exact) mass is 280 g/mol. The summed E-state index contributed by atoms with van der Waals surface area (Å²) in [5.41, 5.74) is 0. The number of carbonyl (C=O) groups excluding carboxylic acids is 1. The van der Waals surface area contributed by atoms with Gasteiger partial charge < -0.3 is 4.74 Å². The molecule has 0 atom stereocenters. The van der Waals surface area contributed by atoms with Gasteiger partial charge in [0.15, 0.2) is 5.82 Å². The summed E-state index contributed by atoms with van der Waals surface area (Å²) in [5, 5.41) is 11.4. The number of Topliss-reactive ketones (excluding diaryl/α,β-unsaturated/α-hetero) is 1. The van der Waals surface area contributed by atoms with Crippen LogP contribution in [0.15, 0.2) is 0 Å². The SMILES string of the molecule is COCc1nnc2sc(CC(=O)C(F)(F)F)nn12. The molecule has 18 heavy (non-hydrogen) atoms. The van der Waals surface area contributed by atoms with Crippen LogP contribution in [-0.2, 0) is 22.6 Å². The zero-order valence-corrected chi connectivity index (χ0v) is 9.88. The van der Waals surface area contributed by atoms with E-state index in [1.807, 2.05) is 0 Å². The van der Waals surface area contributed by atoms with Gasteiger partial charge in [-0.15, -0.1) is 10.2 Å². The minimum Gasteiger partial charge on any atom is -0.377 e. The van der Waals surface area contributed by atoms with Crippen molar-refractivity contribution in [3.63, 3.8) is 0 Å². The molecule has 0 aliphatic rings. The highest BCUT2D eigenvalue weighted by Crippen LogP contribution is 2.21. The van der Waals surface area contributed by atoms with E-state index >= 15 is 0 Å². The zero-order valence-electron chi connectivity index (χ0n) is 9.06. The van der Waals surface area contributed by atoms with Crippen LogP contribution >= 0.6 is 11.3 Å². The van der Waals surface area contributed by atoms with E-state index in [9.17, 15) is 18.0 Å². The number of aromatic nitrogens is 4. The van der Waals surface area contributed by atoms with Gasteiger partial charge in [0.25, 0.3) is 0 Å². The number of halogens is 3. The molecule has 2 aromatic rings. The summed E-state index contributed by atoms with van der Waals surface area (Å²) in [6.45, 7) is 0.136. The van der Waals surface area contributed by atoms with Gasteiger partial charge in [0, 0.05) is 7.11 Å². The molecule has 98 valence electrons. The normalized spacial score (nSPS) is 12.2. The average molecular weight is 280 g/mol. The number of fused-ring (bicyclic) bond motifs is 1. The van der Waals surface area contributed by atoms with E-state index in [4.69, 9.17) is 4.74 Å². The maximum atomic E-state index is 12.1.